The Hall–Kier alpha value is -0.970. The molecule has 0 radical (unpaired) electrons. The zero-order valence-corrected chi connectivity index (χ0v) is 11.7. The second-order valence-corrected chi connectivity index (χ2v) is 4.96. The van der Waals surface area contributed by atoms with Crippen LogP contribution in [0.4, 0.5) is 0 Å². The highest BCUT2D eigenvalue weighted by Crippen LogP contribution is 2.39. The molecule has 1 saturated heterocycles. The second kappa shape index (κ2) is 5.99. The molecule has 0 atom stereocenters. The topological polar surface area (TPSA) is 53.7 Å². The van der Waals surface area contributed by atoms with Crippen molar-refractivity contribution in [3.63, 3.8) is 0 Å². The lowest BCUT2D eigenvalue weighted by atomic mass is 9.74. The zero-order chi connectivity index (χ0) is 12.4. The SMILES string of the molecule is Cl.NCC1(c2ccc3c(c2)OCCO3)CCOCC1. The predicted molar refractivity (Wildman–Crippen MR) is 75.5 cm³/mol. The van der Waals surface area contributed by atoms with Gasteiger partial charge in [-0.15, -0.1) is 12.4 Å². The van der Waals surface area contributed by atoms with Gasteiger partial charge in [0.15, 0.2) is 11.5 Å². The minimum atomic E-state index is 0. The summed E-state index contributed by atoms with van der Waals surface area (Å²) in [6, 6.07) is 6.20. The molecule has 0 aromatic heterocycles. The summed E-state index contributed by atoms with van der Waals surface area (Å²) in [6.07, 6.45) is 1.95. The number of benzene rings is 1. The van der Waals surface area contributed by atoms with Crippen LogP contribution in [0.15, 0.2) is 18.2 Å². The fourth-order valence-corrected chi connectivity index (χ4v) is 2.75. The van der Waals surface area contributed by atoms with E-state index in [-0.39, 0.29) is 17.8 Å². The van der Waals surface area contributed by atoms with Crippen molar-refractivity contribution < 1.29 is 14.2 Å². The molecule has 0 spiro atoms. The number of fused-ring (bicyclic) bond motifs is 1. The van der Waals surface area contributed by atoms with Gasteiger partial charge in [0.1, 0.15) is 13.2 Å². The summed E-state index contributed by atoms with van der Waals surface area (Å²) >= 11 is 0. The van der Waals surface area contributed by atoms with E-state index in [0.717, 1.165) is 37.6 Å². The Morgan fingerprint density at radius 3 is 2.37 bits per heavy atom. The van der Waals surface area contributed by atoms with E-state index in [1.807, 2.05) is 6.07 Å². The van der Waals surface area contributed by atoms with Crippen LogP contribution in [0.1, 0.15) is 18.4 Å². The molecule has 4 nitrogen and oxygen atoms in total. The average molecular weight is 286 g/mol. The van der Waals surface area contributed by atoms with Crippen LogP contribution in [0.2, 0.25) is 0 Å². The minimum Gasteiger partial charge on any atom is -0.486 e. The predicted octanol–water partition coefficient (Wildman–Crippen LogP) is 1.89. The molecule has 106 valence electrons. The number of ether oxygens (including phenoxy) is 3. The Kier molecular flexibility index (Phi) is 4.55. The normalized spacial score (nSPS) is 20.5. The lowest BCUT2D eigenvalue weighted by molar-refractivity contribution is 0.0527. The molecule has 2 aliphatic heterocycles. The highest BCUT2D eigenvalue weighted by Gasteiger charge is 2.34. The van der Waals surface area contributed by atoms with Crippen molar-refractivity contribution in [2.45, 2.75) is 18.3 Å². The van der Waals surface area contributed by atoms with E-state index in [9.17, 15) is 0 Å². The lowest BCUT2D eigenvalue weighted by Gasteiger charge is -2.37. The minimum absolute atomic E-state index is 0. The number of nitrogens with two attached hydrogens (primary N) is 1. The van der Waals surface area contributed by atoms with Crippen LogP contribution in [-0.2, 0) is 10.2 Å². The van der Waals surface area contributed by atoms with Gasteiger partial charge >= 0.3 is 0 Å². The van der Waals surface area contributed by atoms with Gasteiger partial charge in [0, 0.05) is 25.2 Å². The highest BCUT2D eigenvalue weighted by molar-refractivity contribution is 5.85. The third-order valence-electron chi connectivity index (χ3n) is 4.00. The monoisotopic (exact) mass is 285 g/mol. The van der Waals surface area contributed by atoms with Gasteiger partial charge in [-0.3, -0.25) is 0 Å². The summed E-state index contributed by atoms with van der Waals surface area (Å²) < 4.78 is 16.6. The largest absolute Gasteiger partial charge is 0.486 e. The molecule has 0 aliphatic carbocycles. The molecule has 1 aromatic rings. The molecular formula is C14H20ClNO3. The number of hydrogen-bond acceptors (Lipinski definition) is 4. The standard InChI is InChI=1S/C14H19NO3.ClH/c15-10-14(3-5-16-6-4-14)11-1-2-12-13(9-11)18-8-7-17-12;/h1-2,9H,3-8,10,15H2;1H. The Labute approximate surface area is 119 Å². The van der Waals surface area contributed by atoms with Gasteiger partial charge in [0.05, 0.1) is 0 Å². The summed E-state index contributed by atoms with van der Waals surface area (Å²) in [5.74, 6) is 1.68. The number of hydrogen-bond donors (Lipinski definition) is 1. The maximum Gasteiger partial charge on any atom is 0.161 e. The van der Waals surface area contributed by atoms with Crippen LogP contribution in [0.25, 0.3) is 0 Å². The molecule has 19 heavy (non-hydrogen) atoms. The first-order chi connectivity index (χ1) is 8.84. The van der Waals surface area contributed by atoms with Crippen LogP contribution in [0, 0.1) is 0 Å². The van der Waals surface area contributed by atoms with Crippen LogP contribution in [0.5, 0.6) is 11.5 Å². The van der Waals surface area contributed by atoms with Crippen LogP contribution >= 0.6 is 12.4 Å². The van der Waals surface area contributed by atoms with Gasteiger partial charge in [0.2, 0.25) is 0 Å². The molecule has 5 heteroatoms. The van der Waals surface area contributed by atoms with Gasteiger partial charge in [0.25, 0.3) is 0 Å². The van der Waals surface area contributed by atoms with E-state index in [4.69, 9.17) is 19.9 Å². The third kappa shape index (κ3) is 2.66. The van der Waals surface area contributed by atoms with Crippen LogP contribution in [-0.4, -0.2) is 33.0 Å². The first kappa shape index (κ1) is 14.4. The van der Waals surface area contributed by atoms with Gasteiger partial charge in [-0.05, 0) is 30.5 Å². The summed E-state index contributed by atoms with van der Waals surface area (Å²) in [7, 11) is 0. The van der Waals surface area contributed by atoms with E-state index >= 15 is 0 Å². The maximum atomic E-state index is 6.02. The van der Waals surface area contributed by atoms with Crippen molar-refractivity contribution in [1.82, 2.24) is 0 Å². The summed E-state index contributed by atoms with van der Waals surface area (Å²) in [6.45, 7) is 3.46. The molecule has 0 amide bonds. The Bertz CT molecular complexity index is 433. The molecule has 3 rings (SSSR count). The van der Waals surface area contributed by atoms with Gasteiger partial charge < -0.3 is 19.9 Å². The molecule has 0 unspecified atom stereocenters. The second-order valence-electron chi connectivity index (χ2n) is 4.96. The van der Waals surface area contributed by atoms with E-state index in [0.29, 0.717) is 19.8 Å². The average Bonchev–Trinajstić information content (AvgIpc) is 2.47. The maximum absolute atomic E-state index is 6.02. The molecule has 2 aliphatic rings. The first-order valence-corrected chi connectivity index (χ1v) is 6.52. The van der Waals surface area contributed by atoms with E-state index < -0.39 is 0 Å². The summed E-state index contributed by atoms with van der Waals surface area (Å²) in [5, 5.41) is 0. The first-order valence-electron chi connectivity index (χ1n) is 6.52. The summed E-state index contributed by atoms with van der Waals surface area (Å²) in [4.78, 5) is 0. The third-order valence-corrected chi connectivity index (χ3v) is 4.00. The van der Waals surface area contributed by atoms with E-state index in [1.165, 1.54) is 5.56 Å². The van der Waals surface area contributed by atoms with Crippen molar-refractivity contribution in [2.24, 2.45) is 5.73 Å². The smallest absolute Gasteiger partial charge is 0.161 e. The Morgan fingerprint density at radius 2 is 1.68 bits per heavy atom. The molecular weight excluding hydrogens is 266 g/mol. The fraction of sp³-hybridized carbons (Fsp3) is 0.571. The van der Waals surface area contributed by atoms with Gasteiger partial charge in [-0.2, -0.15) is 0 Å². The molecule has 1 fully saturated rings. The van der Waals surface area contributed by atoms with Crippen molar-refractivity contribution in [3.8, 4) is 11.5 Å². The summed E-state index contributed by atoms with van der Waals surface area (Å²) in [5.41, 5.74) is 7.30. The van der Waals surface area contributed by atoms with Gasteiger partial charge in [-0.25, -0.2) is 0 Å². The fourth-order valence-electron chi connectivity index (χ4n) is 2.75. The zero-order valence-electron chi connectivity index (χ0n) is 10.9. The Balaban J connectivity index is 0.00000133. The highest BCUT2D eigenvalue weighted by atomic mass is 35.5. The Morgan fingerprint density at radius 1 is 1.00 bits per heavy atom. The molecule has 2 heterocycles. The molecule has 0 bridgehead atoms. The number of rotatable bonds is 2. The van der Waals surface area contributed by atoms with Crippen molar-refractivity contribution in [3.05, 3.63) is 23.8 Å². The lowest BCUT2D eigenvalue weighted by Crippen LogP contribution is -2.40. The quantitative estimate of drug-likeness (QED) is 0.901. The van der Waals surface area contributed by atoms with Gasteiger partial charge in [-0.1, -0.05) is 6.07 Å². The van der Waals surface area contributed by atoms with Crippen LogP contribution < -0.4 is 15.2 Å². The van der Waals surface area contributed by atoms with Crippen molar-refractivity contribution in [2.75, 3.05) is 33.0 Å². The van der Waals surface area contributed by atoms with E-state index in [1.54, 1.807) is 0 Å². The molecule has 0 saturated carbocycles. The van der Waals surface area contributed by atoms with Crippen LogP contribution in [0.3, 0.4) is 0 Å². The molecule has 2 N–H and O–H groups in total. The van der Waals surface area contributed by atoms with Crippen molar-refractivity contribution >= 4 is 12.4 Å². The van der Waals surface area contributed by atoms with Crippen molar-refractivity contribution in [1.29, 1.82) is 0 Å². The van der Waals surface area contributed by atoms with E-state index in [2.05, 4.69) is 12.1 Å². The molecule has 1 aromatic carbocycles. The number of halogens is 1.